The van der Waals surface area contributed by atoms with Crippen molar-refractivity contribution < 1.29 is 0 Å². The van der Waals surface area contributed by atoms with Crippen LogP contribution in [-0.2, 0) is 0 Å². The van der Waals surface area contributed by atoms with Crippen LogP contribution in [0.2, 0.25) is 0 Å². The van der Waals surface area contributed by atoms with E-state index in [9.17, 15) is 0 Å². The van der Waals surface area contributed by atoms with Crippen molar-refractivity contribution in [2.24, 2.45) is 5.92 Å². The second-order valence-electron chi connectivity index (χ2n) is 5.60. The average molecular weight is 234 g/mol. The van der Waals surface area contributed by atoms with Crippen molar-refractivity contribution in [1.29, 1.82) is 0 Å². The first-order valence-electron chi connectivity index (χ1n) is 7.01. The summed E-state index contributed by atoms with van der Waals surface area (Å²) in [4.78, 5) is 0. The smallest absolute Gasteiger partial charge is 0.169 e. The number of rotatable bonds is 3. The number of nitrogens with two attached hydrogens (primary N) is 1. The van der Waals surface area contributed by atoms with E-state index in [1.54, 1.807) is 0 Å². The van der Waals surface area contributed by atoms with Crippen molar-refractivity contribution in [3.8, 4) is 0 Å². The van der Waals surface area contributed by atoms with Gasteiger partial charge in [0.2, 0.25) is 0 Å². The van der Waals surface area contributed by atoms with E-state index in [-0.39, 0.29) is 0 Å². The zero-order valence-corrected chi connectivity index (χ0v) is 10.6. The van der Waals surface area contributed by atoms with Gasteiger partial charge in [-0.15, -0.1) is 5.10 Å². The second-order valence-corrected chi connectivity index (χ2v) is 5.60. The molecule has 2 fully saturated rings. The van der Waals surface area contributed by atoms with E-state index in [1.807, 2.05) is 0 Å². The molecule has 0 bridgehead atoms. The van der Waals surface area contributed by atoms with Crippen LogP contribution in [0.5, 0.6) is 0 Å². The Labute approximate surface area is 103 Å². The van der Waals surface area contributed by atoms with Crippen molar-refractivity contribution in [2.45, 2.75) is 63.8 Å². The Balaban J connectivity index is 1.91. The summed E-state index contributed by atoms with van der Waals surface area (Å²) >= 11 is 0. The minimum absolute atomic E-state index is 0.550. The van der Waals surface area contributed by atoms with Gasteiger partial charge in [0, 0.05) is 5.92 Å². The number of nitrogens with zero attached hydrogens (tertiary/aromatic N) is 3. The van der Waals surface area contributed by atoms with E-state index < -0.39 is 0 Å². The molecule has 2 saturated carbocycles. The van der Waals surface area contributed by atoms with E-state index in [0.717, 1.165) is 5.92 Å². The minimum atomic E-state index is 0.550. The summed E-state index contributed by atoms with van der Waals surface area (Å²) in [6, 6.07) is 0.550. The Kier molecular flexibility index (Phi) is 2.81. The van der Waals surface area contributed by atoms with E-state index in [4.69, 9.17) is 5.73 Å². The number of hydrogen-bond donors (Lipinski definition) is 1. The van der Waals surface area contributed by atoms with Crippen molar-refractivity contribution in [2.75, 3.05) is 5.73 Å². The second kappa shape index (κ2) is 4.31. The molecular formula is C13H22N4. The topological polar surface area (TPSA) is 56.7 Å². The lowest BCUT2D eigenvalue weighted by atomic mass is 9.83. The van der Waals surface area contributed by atoms with Gasteiger partial charge in [-0.25, -0.2) is 4.68 Å². The molecule has 2 unspecified atom stereocenters. The third kappa shape index (κ3) is 1.94. The molecule has 4 heteroatoms. The van der Waals surface area contributed by atoms with Crippen molar-refractivity contribution in [3.63, 3.8) is 0 Å². The predicted octanol–water partition coefficient (Wildman–Crippen LogP) is 2.88. The van der Waals surface area contributed by atoms with Crippen LogP contribution in [0.15, 0.2) is 0 Å². The molecule has 2 aliphatic rings. The summed E-state index contributed by atoms with van der Waals surface area (Å²) in [6.45, 7) is 2.29. The quantitative estimate of drug-likeness (QED) is 0.875. The van der Waals surface area contributed by atoms with Crippen molar-refractivity contribution in [1.82, 2.24) is 15.0 Å². The zero-order valence-electron chi connectivity index (χ0n) is 10.6. The van der Waals surface area contributed by atoms with Gasteiger partial charge in [-0.2, -0.15) is 0 Å². The maximum atomic E-state index is 5.98. The van der Waals surface area contributed by atoms with Crippen molar-refractivity contribution in [3.05, 3.63) is 5.69 Å². The molecule has 4 nitrogen and oxygen atoms in total. The van der Waals surface area contributed by atoms with Crippen molar-refractivity contribution >= 4 is 5.82 Å². The summed E-state index contributed by atoms with van der Waals surface area (Å²) in [5, 5.41) is 8.45. The van der Waals surface area contributed by atoms with Crippen LogP contribution in [0.1, 0.15) is 69.5 Å². The average Bonchev–Trinajstić information content (AvgIpc) is 3.12. The Morgan fingerprint density at radius 1 is 1.24 bits per heavy atom. The largest absolute Gasteiger partial charge is 0.381 e. The Hall–Kier alpha value is -1.06. The SMILES string of the molecule is CCC1CCCCC1n1nnc(N)c1C1CC1. The van der Waals surface area contributed by atoms with Gasteiger partial charge >= 0.3 is 0 Å². The van der Waals surface area contributed by atoms with E-state index in [0.29, 0.717) is 17.8 Å². The van der Waals surface area contributed by atoms with E-state index in [2.05, 4.69) is 21.9 Å². The van der Waals surface area contributed by atoms with Gasteiger partial charge < -0.3 is 5.73 Å². The fraction of sp³-hybridized carbons (Fsp3) is 0.846. The molecule has 1 aromatic heterocycles. The minimum Gasteiger partial charge on any atom is -0.381 e. The monoisotopic (exact) mass is 234 g/mol. The zero-order chi connectivity index (χ0) is 11.8. The number of aromatic nitrogens is 3. The van der Waals surface area contributed by atoms with Gasteiger partial charge in [-0.05, 0) is 31.6 Å². The molecule has 1 heterocycles. The first-order chi connectivity index (χ1) is 8.31. The molecule has 1 aromatic rings. The lowest BCUT2D eigenvalue weighted by molar-refractivity contribution is 0.210. The molecule has 94 valence electrons. The highest BCUT2D eigenvalue weighted by molar-refractivity contribution is 5.38. The van der Waals surface area contributed by atoms with Gasteiger partial charge in [-0.3, -0.25) is 0 Å². The van der Waals surface area contributed by atoms with Crippen LogP contribution in [0.3, 0.4) is 0 Å². The fourth-order valence-electron chi connectivity index (χ4n) is 3.30. The van der Waals surface area contributed by atoms with E-state index >= 15 is 0 Å². The third-order valence-electron chi connectivity index (χ3n) is 4.43. The number of nitrogen functional groups attached to an aromatic ring is 1. The number of hydrogen-bond acceptors (Lipinski definition) is 3. The first-order valence-corrected chi connectivity index (χ1v) is 7.01. The molecule has 0 aliphatic heterocycles. The van der Waals surface area contributed by atoms with Crippen LogP contribution in [0, 0.1) is 5.92 Å². The molecule has 0 spiro atoms. The number of anilines is 1. The molecular weight excluding hydrogens is 212 g/mol. The summed E-state index contributed by atoms with van der Waals surface area (Å²) in [5.74, 6) is 2.08. The summed E-state index contributed by atoms with van der Waals surface area (Å²) in [7, 11) is 0. The van der Waals surface area contributed by atoms with E-state index in [1.165, 1.54) is 50.6 Å². The van der Waals surface area contributed by atoms with Crippen LogP contribution < -0.4 is 5.73 Å². The maximum Gasteiger partial charge on any atom is 0.169 e. The fourth-order valence-corrected chi connectivity index (χ4v) is 3.30. The van der Waals surface area contributed by atoms with Crippen LogP contribution in [0.4, 0.5) is 5.82 Å². The molecule has 0 radical (unpaired) electrons. The molecule has 0 saturated heterocycles. The third-order valence-corrected chi connectivity index (χ3v) is 4.43. The van der Waals surface area contributed by atoms with Crippen LogP contribution >= 0.6 is 0 Å². The summed E-state index contributed by atoms with van der Waals surface area (Å²) in [5.41, 5.74) is 7.21. The van der Waals surface area contributed by atoms with Gasteiger partial charge in [0.05, 0.1) is 11.7 Å². The molecule has 2 aliphatic carbocycles. The van der Waals surface area contributed by atoms with Crippen LogP contribution in [-0.4, -0.2) is 15.0 Å². The lowest BCUT2D eigenvalue weighted by Crippen LogP contribution is -2.25. The standard InChI is InChI=1S/C13H22N4/c1-2-9-5-3-4-6-11(9)17-12(10-7-8-10)13(14)15-16-17/h9-11H,2-8,14H2,1H3. The van der Waals surface area contributed by atoms with Gasteiger partial charge in [0.1, 0.15) is 0 Å². The molecule has 17 heavy (non-hydrogen) atoms. The van der Waals surface area contributed by atoms with Gasteiger partial charge in [0.25, 0.3) is 0 Å². The Morgan fingerprint density at radius 2 is 2.00 bits per heavy atom. The Bertz CT molecular complexity index is 394. The van der Waals surface area contributed by atoms with Gasteiger partial charge in [-0.1, -0.05) is 31.4 Å². The molecule has 2 atom stereocenters. The first kappa shape index (κ1) is 11.1. The lowest BCUT2D eigenvalue weighted by Gasteiger charge is -2.31. The summed E-state index contributed by atoms with van der Waals surface area (Å²) < 4.78 is 2.18. The normalized spacial score (nSPS) is 29.5. The summed E-state index contributed by atoms with van der Waals surface area (Å²) in [6.07, 6.45) is 9.06. The molecule has 0 amide bonds. The molecule has 2 N–H and O–H groups in total. The molecule has 0 aromatic carbocycles. The highest BCUT2D eigenvalue weighted by atomic mass is 15.5. The highest BCUT2D eigenvalue weighted by Crippen LogP contribution is 2.45. The highest BCUT2D eigenvalue weighted by Gasteiger charge is 2.35. The maximum absolute atomic E-state index is 5.98. The predicted molar refractivity (Wildman–Crippen MR) is 67.7 cm³/mol. The van der Waals surface area contributed by atoms with Crippen LogP contribution in [0.25, 0.3) is 0 Å². The van der Waals surface area contributed by atoms with Gasteiger partial charge in [0.15, 0.2) is 5.82 Å². The Morgan fingerprint density at radius 3 is 2.71 bits per heavy atom. The molecule has 3 rings (SSSR count).